The summed E-state index contributed by atoms with van der Waals surface area (Å²) in [6, 6.07) is 7.20. The zero-order valence-corrected chi connectivity index (χ0v) is 11.0. The highest BCUT2D eigenvalue weighted by molar-refractivity contribution is 7.90. The van der Waals surface area contributed by atoms with Gasteiger partial charge in [-0.15, -0.1) is 0 Å². The summed E-state index contributed by atoms with van der Waals surface area (Å²) in [5.74, 6) is -0.577. The fourth-order valence-corrected chi connectivity index (χ4v) is 2.63. The Balaban J connectivity index is 2.21. The zero-order valence-electron chi connectivity index (χ0n) is 10.2. The number of aryl methyl sites for hydroxylation is 1. The second kappa shape index (κ2) is 5.46. The molecule has 2 rings (SSSR count). The van der Waals surface area contributed by atoms with E-state index in [1.807, 2.05) is 19.1 Å². The Morgan fingerprint density at radius 3 is 2.61 bits per heavy atom. The van der Waals surface area contributed by atoms with Crippen LogP contribution in [0.25, 0.3) is 0 Å². The highest BCUT2D eigenvalue weighted by atomic mass is 32.2. The summed E-state index contributed by atoms with van der Waals surface area (Å²) < 4.78 is 22.3. The van der Waals surface area contributed by atoms with Gasteiger partial charge in [-0.3, -0.25) is 0 Å². The normalized spacial score (nSPS) is 20.4. The zero-order chi connectivity index (χ0) is 13.1. The predicted octanol–water partition coefficient (Wildman–Crippen LogP) is 1.91. The molecule has 0 amide bonds. The first-order chi connectivity index (χ1) is 8.61. The van der Waals surface area contributed by atoms with Crippen molar-refractivity contribution in [1.29, 1.82) is 0 Å². The van der Waals surface area contributed by atoms with Crippen LogP contribution in [0.3, 0.4) is 0 Å². The molecule has 1 heterocycles. The molecular formula is C13H14O4S. The highest BCUT2D eigenvalue weighted by Crippen LogP contribution is 2.23. The molecule has 4 nitrogen and oxygen atoms in total. The van der Waals surface area contributed by atoms with E-state index in [2.05, 4.69) is 0 Å². The molecule has 0 fully saturated rings. The Labute approximate surface area is 108 Å². The van der Waals surface area contributed by atoms with E-state index in [4.69, 9.17) is 9.47 Å². The van der Waals surface area contributed by atoms with Crippen molar-refractivity contribution in [3.8, 4) is 0 Å². The second-order valence-corrected chi connectivity index (χ2v) is 5.29. The molecule has 1 aromatic rings. The lowest BCUT2D eigenvalue weighted by Gasteiger charge is -2.05. The molecule has 0 aliphatic carbocycles. The fraction of sp³-hybridized carbons (Fsp3) is 0.308. The summed E-state index contributed by atoms with van der Waals surface area (Å²) in [6.45, 7) is 4.18. The predicted molar refractivity (Wildman–Crippen MR) is 67.2 cm³/mol. The van der Waals surface area contributed by atoms with E-state index in [-0.39, 0.29) is 4.91 Å². The van der Waals surface area contributed by atoms with E-state index in [0.29, 0.717) is 11.5 Å². The molecule has 0 aromatic heterocycles. The van der Waals surface area contributed by atoms with E-state index in [0.717, 1.165) is 5.56 Å². The van der Waals surface area contributed by atoms with Gasteiger partial charge in [0.25, 0.3) is 0 Å². The van der Waals surface area contributed by atoms with Crippen LogP contribution in [0.4, 0.5) is 0 Å². The van der Waals surface area contributed by atoms with Gasteiger partial charge in [-0.05, 0) is 26.0 Å². The van der Waals surface area contributed by atoms with Gasteiger partial charge in [-0.1, -0.05) is 17.7 Å². The first-order valence-electron chi connectivity index (χ1n) is 5.64. The molecule has 0 spiro atoms. The topological polar surface area (TPSA) is 52.6 Å². The van der Waals surface area contributed by atoms with E-state index in [1.54, 1.807) is 19.1 Å². The molecule has 0 unspecified atom stereocenters. The van der Waals surface area contributed by atoms with Crippen molar-refractivity contribution in [2.24, 2.45) is 0 Å². The Bertz CT molecular complexity index is 504. The molecule has 0 saturated heterocycles. The van der Waals surface area contributed by atoms with Gasteiger partial charge >= 0.3 is 5.97 Å². The first-order valence-corrected chi connectivity index (χ1v) is 6.79. The quantitative estimate of drug-likeness (QED) is 0.781. The highest BCUT2D eigenvalue weighted by Gasteiger charge is 2.30. The van der Waals surface area contributed by atoms with Gasteiger partial charge in [0, 0.05) is 17.6 Å². The Kier molecular flexibility index (Phi) is 3.93. The van der Waals surface area contributed by atoms with Crippen LogP contribution in [0.5, 0.6) is 0 Å². The van der Waals surface area contributed by atoms with Crippen LogP contribution in [0.15, 0.2) is 40.1 Å². The van der Waals surface area contributed by atoms with Gasteiger partial charge in [-0.2, -0.15) is 0 Å². The number of hydrogen-bond donors (Lipinski definition) is 0. The Hall–Kier alpha value is -1.46. The van der Waals surface area contributed by atoms with Crippen molar-refractivity contribution in [2.75, 3.05) is 6.61 Å². The number of carbonyl (C=O) groups excluding carboxylic acids is 1. The molecule has 5 heteroatoms. The van der Waals surface area contributed by atoms with Gasteiger partial charge < -0.3 is 9.47 Å². The van der Waals surface area contributed by atoms with E-state index in [1.165, 1.54) is 6.08 Å². The largest absolute Gasteiger partial charge is 0.428 e. The van der Waals surface area contributed by atoms with E-state index in [9.17, 15) is 9.00 Å². The summed E-state index contributed by atoms with van der Waals surface area (Å²) in [7, 11) is -1.51. The SMILES string of the molecule is CCO[C@H]1C=C([S@@](=O)c2ccc(C)cc2)C(=O)O1. The van der Waals surface area contributed by atoms with Gasteiger partial charge in [0.05, 0.1) is 10.8 Å². The van der Waals surface area contributed by atoms with Gasteiger partial charge in [-0.25, -0.2) is 9.00 Å². The third-order valence-electron chi connectivity index (χ3n) is 2.48. The maximum atomic E-state index is 12.2. The van der Waals surface area contributed by atoms with Crippen molar-refractivity contribution < 1.29 is 18.5 Å². The number of hydrogen-bond acceptors (Lipinski definition) is 4. The molecule has 0 saturated carbocycles. The van der Waals surface area contributed by atoms with Crippen LogP contribution in [0, 0.1) is 6.92 Å². The Morgan fingerprint density at radius 2 is 2.00 bits per heavy atom. The minimum absolute atomic E-state index is 0.150. The monoisotopic (exact) mass is 266 g/mol. The van der Waals surface area contributed by atoms with Crippen molar-refractivity contribution in [3.63, 3.8) is 0 Å². The second-order valence-electron chi connectivity index (χ2n) is 3.84. The van der Waals surface area contributed by atoms with Gasteiger partial charge in [0.1, 0.15) is 4.91 Å². The number of carbonyl (C=O) groups is 1. The lowest BCUT2D eigenvalue weighted by atomic mass is 10.2. The van der Waals surface area contributed by atoms with Gasteiger partial charge in [0.15, 0.2) is 0 Å². The van der Waals surface area contributed by atoms with Crippen molar-refractivity contribution in [2.45, 2.75) is 25.0 Å². The van der Waals surface area contributed by atoms with Crippen molar-refractivity contribution in [3.05, 3.63) is 40.8 Å². The van der Waals surface area contributed by atoms with Crippen molar-refractivity contribution >= 4 is 16.8 Å². The lowest BCUT2D eigenvalue weighted by molar-refractivity contribution is -0.157. The van der Waals surface area contributed by atoms with Crippen molar-refractivity contribution in [1.82, 2.24) is 0 Å². The first kappa shape index (κ1) is 13.0. The standard InChI is InChI=1S/C13H14O4S/c1-3-16-12-8-11(13(14)17-12)18(15)10-6-4-9(2)5-7-10/h4-8,12H,3H2,1-2H3/t12-,18+/m1/s1. The lowest BCUT2D eigenvalue weighted by Crippen LogP contribution is -2.12. The number of esters is 1. The number of cyclic esters (lactones) is 1. The molecule has 0 bridgehead atoms. The molecule has 18 heavy (non-hydrogen) atoms. The average molecular weight is 266 g/mol. The molecule has 1 aliphatic heterocycles. The Morgan fingerprint density at radius 1 is 1.33 bits per heavy atom. The number of benzene rings is 1. The molecule has 96 valence electrons. The van der Waals surface area contributed by atoms with Crippen LogP contribution >= 0.6 is 0 Å². The van der Waals surface area contributed by atoms with Crippen LogP contribution < -0.4 is 0 Å². The molecule has 1 aromatic carbocycles. The summed E-state index contributed by atoms with van der Waals surface area (Å²) in [5, 5.41) is 0. The average Bonchev–Trinajstić information content (AvgIpc) is 2.71. The van der Waals surface area contributed by atoms with Gasteiger partial charge in [0.2, 0.25) is 6.29 Å². The molecule has 1 aliphatic rings. The maximum absolute atomic E-state index is 12.2. The van der Waals surface area contributed by atoms with E-state index >= 15 is 0 Å². The number of ether oxygens (including phenoxy) is 2. The maximum Gasteiger partial charge on any atom is 0.350 e. The smallest absolute Gasteiger partial charge is 0.350 e. The van der Waals surface area contributed by atoms with Crippen LogP contribution in [0.1, 0.15) is 12.5 Å². The third kappa shape index (κ3) is 2.68. The van der Waals surface area contributed by atoms with E-state index < -0.39 is 23.1 Å². The fourth-order valence-electron chi connectivity index (χ4n) is 1.56. The molecule has 0 radical (unpaired) electrons. The van der Waals surface area contributed by atoms with Crippen LogP contribution in [-0.4, -0.2) is 23.1 Å². The molecule has 2 atom stereocenters. The summed E-state index contributed by atoms with van der Waals surface area (Å²) in [5.41, 5.74) is 1.07. The molecular weight excluding hydrogens is 252 g/mol. The summed E-state index contributed by atoms with van der Waals surface area (Å²) >= 11 is 0. The van der Waals surface area contributed by atoms with Crippen LogP contribution in [-0.2, 0) is 25.1 Å². The third-order valence-corrected chi connectivity index (χ3v) is 3.88. The minimum atomic E-state index is -1.51. The minimum Gasteiger partial charge on any atom is -0.428 e. The molecule has 0 N–H and O–H groups in total. The summed E-state index contributed by atoms with van der Waals surface area (Å²) in [4.78, 5) is 12.3. The summed E-state index contributed by atoms with van der Waals surface area (Å²) in [6.07, 6.45) is 0.758. The van der Waals surface area contributed by atoms with Crippen LogP contribution in [0.2, 0.25) is 0 Å². The number of rotatable bonds is 4.